The van der Waals surface area contributed by atoms with Crippen LogP contribution in [0.25, 0.3) is 0 Å². The fourth-order valence-electron chi connectivity index (χ4n) is 3.05. The first kappa shape index (κ1) is 19.3. The van der Waals surface area contributed by atoms with Gasteiger partial charge in [-0.05, 0) is 45.6 Å². The number of rotatable bonds is 7. The predicted octanol–water partition coefficient (Wildman–Crippen LogP) is 1.31. The normalized spacial score (nSPS) is 16.2. The highest BCUT2D eigenvalue weighted by atomic mass is 16.2. The molecule has 1 fully saturated rings. The van der Waals surface area contributed by atoms with Crippen molar-refractivity contribution in [2.75, 3.05) is 32.7 Å². The van der Waals surface area contributed by atoms with Crippen LogP contribution >= 0.6 is 0 Å². The summed E-state index contributed by atoms with van der Waals surface area (Å²) in [5.41, 5.74) is 2.23. The van der Waals surface area contributed by atoms with Gasteiger partial charge in [0.05, 0.1) is 5.69 Å². The molecule has 0 spiro atoms. The maximum atomic E-state index is 12.1. The van der Waals surface area contributed by atoms with E-state index in [2.05, 4.69) is 40.6 Å². The van der Waals surface area contributed by atoms with Gasteiger partial charge in [-0.25, -0.2) is 4.99 Å². The second-order valence-electron chi connectivity index (χ2n) is 6.88. The van der Waals surface area contributed by atoms with Crippen LogP contribution in [0.3, 0.4) is 0 Å². The van der Waals surface area contributed by atoms with Crippen molar-refractivity contribution in [2.45, 2.75) is 47.1 Å². The van der Waals surface area contributed by atoms with Crippen molar-refractivity contribution in [3.05, 3.63) is 17.5 Å². The van der Waals surface area contributed by atoms with E-state index in [1.54, 1.807) is 0 Å². The van der Waals surface area contributed by atoms with Gasteiger partial charge in [0.2, 0.25) is 5.91 Å². The van der Waals surface area contributed by atoms with E-state index in [0.717, 1.165) is 51.3 Å². The van der Waals surface area contributed by atoms with Gasteiger partial charge in [0.15, 0.2) is 5.96 Å². The number of aliphatic imine (C=N–C) groups is 1. The molecule has 2 heterocycles. The second-order valence-corrected chi connectivity index (χ2v) is 6.88. The first-order valence-corrected chi connectivity index (χ1v) is 9.30. The fourth-order valence-corrected chi connectivity index (χ4v) is 3.05. The molecule has 2 N–H and O–H groups in total. The molecule has 1 atom stereocenters. The summed E-state index contributed by atoms with van der Waals surface area (Å²) in [5.74, 6) is 1.22. The van der Waals surface area contributed by atoms with Crippen molar-refractivity contribution in [1.29, 1.82) is 0 Å². The Morgan fingerprint density at radius 1 is 1.32 bits per heavy atom. The zero-order valence-electron chi connectivity index (χ0n) is 16.0. The number of aryl methyl sites for hydroxylation is 2. The third-order valence-corrected chi connectivity index (χ3v) is 4.38. The minimum atomic E-state index is 0.116. The number of nitrogens with zero attached hydrogens (tertiary/aromatic N) is 4. The van der Waals surface area contributed by atoms with Gasteiger partial charge in [-0.15, -0.1) is 0 Å². The highest BCUT2D eigenvalue weighted by Gasteiger charge is 2.17. The number of hydrogen-bond acceptors (Lipinski definition) is 3. The number of guanidine groups is 1. The molecule has 7 heteroatoms. The molecule has 0 bridgehead atoms. The highest BCUT2D eigenvalue weighted by molar-refractivity contribution is 5.85. The first-order chi connectivity index (χ1) is 12.0. The molecular formula is C18H32N6O. The van der Waals surface area contributed by atoms with E-state index in [1.807, 2.05) is 23.4 Å². The minimum absolute atomic E-state index is 0.116. The summed E-state index contributed by atoms with van der Waals surface area (Å²) in [5, 5.41) is 11.1. The molecule has 25 heavy (non-hydrogen) atoms. The lowest BCUT2D eigenvalue weighted by atomic mass is 10.2. The number of likely N-dealkylation sites (tertiary alicyclic amines) is 1. The third kappa shape index (κ3) is 6.07. The molecular weight excluding hydrogens is 316 g/mol. The Bertz CT molecular complexity index is 588. The van der Waals surface area contributed by atoms with Crippen LogP contribution in [0.1, 0.15) is 38.1 Å². The Morgan fingerprint density at radius 2 is 2.04 bits per heavy atom. The van der Waals surface area contributed by atoms with E-state index in [0.29, 0.717) is 11.9 Å². The molecule has 1 amide bonds. The van der Waals surface area contributed by atoms with E-state index < -0.39 is 0 Å². The molecule has 0 radical (unpaired) electrons. The molecule has 0 aliphatic carbocycles. The second kappa shape index (κ2) is 9.44. The maximum absolute atomic E-state index is 12.1. The zero-order valence-corrected chi connectivity index (χ0v) is 16.0. The van der Waals surface area contributed by atoms with Crippen molar-refractivity contribution < 1.29 is 4.79 Å². The summed E-state index contributed by atoms with van der Waals surface area (Å²) in [4.78, 5) is 18.5. The van der Waals surface area contributed by atoms with Gasteiger partial charge >= 0.3 is 0 Å². The van der Waals surface area contributed by atoms with E-state index in [4.69, 9.17) is 0 Å². The summed E-state index contributed by atoms with van der Waals surface area (Å²) in [6.45, 7) is 12.7. The Balaban J connectivity index is 1.82. The van der Waals surface area contributed by atoms with Gasteiger partial charge < -0.3 is 15.5 Å². The summed E-state index contributed by atoms with van der Waals surface area (Å²) in [6, 6.07) is 2.09. The smallest absolute Gasteiger partial charge is 0.244 e. The molecule has 0 saturated carbocycles. The predicted molar refractivity (Wildman–Crippen MR) is 101 cm³/mol. The summed E-state index contributed by atoms with van der Waals surface area (Å²) in [6.07, 6.45) is 2.22. The van der Waals surface area contributed by atoms with Crippen molar-refractivity contribution in [3.8, 4) is 0 Å². The van der Waals surface area contributed by atoms with Crippen molar-refractivity contribution in [3.63, 3.8) is 0 Å². The lowest BCUT2D eigenvalue weighted by molar-refractivity contribution is -0.128. The molecule has 1 unspecified atom stereocenters. The van der Waals surface area contributed by atoms with Crippen molar-refractivity contribution >= 4 is 11.9 Å². The molecule has 1 aliphatic rings. The quantitative estimate of drug-likeness (QED) is 0.576. The average Bonchev–Trinajstić information content (AvgIpc) is 3.20. The van der Waals surface area contributed by atoms with Crippen LogP contribution in [-0.4, -0.2) is 59.3 Å². The standard InChI is InChI=1S/C18H32N6O/c1-5-19-18(21-12-17(25)23-8-6-7-9-23)20-11-14(2)13-24-16(4)10-15(3)22-24/h10,14H,5-9,11-13H2,1-4H3,(H2,19,20,21). The number of hydrogen-bond donors (Lipinski definition) is 2. The monoisotopic (exact) mass is 348 g/mol. The van der Waals surface area contributed by atoms with Crippen LogP contribution in [0.4, 0.5) is 0 Å². The minimum Gasteiger partial charge on any atom is -0.357 e. The molecule has 1 aliphatic heterocycles. The molecule has 1 saturated heterocycles. The Labute approximate surface area is 150 Å². The van der Waals surface area contributed by atoms with Crippen molar-refractivity contribution in [2.24, 2.45) is 10.9 Å². The molecule has 1 aromatic rings. The van der Waals surface area contributed by atoms with E-state index >= 15 is 0 Å². The van der Waals surface area contributed by atoms with Crippen LogP contribution in [0.15, 0.2) is 11.1 Å². The number of amides is 1. The SMILES string of the molecule is CCNC(=NCC(=O)N1CCCC1)NCC(C)Cn1nc(C)cc1C. The van der Waals surface area contributed by atoms with Crippen LogP contribution in [0, 0.1) is 19.8 Å². The fraction of sp³-hybridized carbons (Fsp3) is 0.722. The van der Waals surface area contributed by atoms with Crippen LogP contribution in [0.2, 0.25) is 0 Å². The molecule has 2 rings (SSSR count). The van der Waals surface area contributed by atoms with Crippen LogP contribution < -0.4 is 10.6 Å². The third-order valence-electron chi connectivity index (χ3n) is 4.38. The van der Waals surface area contributed by atoms with Crippen molar-refractivity contribution in [1.82, 2.24) is 25.3 Å². The van der Waals surface area contributed by atoms with Gasteiger partial charge in [-0.3, -0.25) is 9.48 Å². The first-order valence-electron chi connectivity index (χ1n) is 9.30. The molecule has 140 valence electrons. The summed E-state index contributed by atoms with van der Waals surface area (Å²) < 4.78 is 2.04. The van der Waals surface area contributed by atoms with E-state index in [1.165, 1.54) is 5.69 Å². The molecule has 7 nitrogen and oxygen atoms in total. The largest absolute Gasteiger partial charge is 0.357 e. The van der Waals surface area contributed by atoms with E-state index in [-0.39, 0.29) is 12.5 Å². The van der Waals surface area contributed by atoms with Gasteiger partial charge in [-0.2, -0.15) is 5.10 Å². The number of nitrogens with one attached hydrogen (secondary N) is 2. The lowest BCUT2D eigenvalue weighted by Gasteiger charge is -2.17. The summed E-state index contributed by atoms with van der Waals surface area (Å²) in [7, 11) is 0. The van der Waals surface area contributed by atoms with Gasteiger partial charge in [0.25, 0.3) is 0 Å². The number of carbonyl (C=O) groups is 1. The Hall–Kier alpha value is -2.05. The number of aromatic nitrogens is 2. The Kier molecular flexibility index (Phi) is 7.28. The van der Waals surface area contributed by atoms with Gasteiger partial charge in [-0.1, -0.05) is 6.92 Å². The van der Waals surface area contributed by atoms with Crippen LogP contribution in [-0.2, 0) is 11.3 Å². The van der Waals surface area contributed by atoms with Gasteiger partial charge in [0, 0.05) is 38.4 Å². The Morgan fingerprint density at radius 3 is 2.64 bits per heavy atom. The van der Waals surface area contributed by atoms with Crippen LogP contribution in [0.5, 0.6) is 0 Å². The highest BCUT2D eigenvalue weighted by Crippen LogP contribution is 2.07. The summed E-state index contributed by atoms with van der Waals surface area (Å²) >= 11 is 0. The average molecular weight is 348 g/mol. The molecule has 1 aromatic heterocycles. The zero-order chi connectivity index (χ0) is 18.2. The molecule has 0 aromatic carbocycles. The lowest BCUT2D eigenvalue weighted by Crippen LogP contribution is -2.41. The maximum Gasteiger partial charge on any atom is 0.244 e. The number of carbonyl (C=O) groups excluding carboxylic acids is 1. The van der Waals surface area contributed by atoms with E-state index in [9.17, 15) is 4.79 Å². The van der Waals surface area contributed by atoms with Gasteiger partial charge in [0.1, 0.15) is 6.54 Å². The topological polar surface area (TPSA) is 74.6 Å².